The first-order valence-corrected chi connectivity index (χ1v) is 7.92. The summed E-state index contributed by atoms with van der Waals surface area (Å²) in [7, 11) is 1.75. The van der Waals surface area contributed by atoms with Crippen molar-refractivity contribution in [1.82, 2.24) is 15.6 Å². The molecule has 0 saturated carbocycles. The summed E-state index contributed by atoms with van der Waals surface area (Å²) >= 11 is 5.78. The fourth-order valence-electron chi connectivity index (χ4n) is 2.50. The van der Waals surface area contributed by atoms with Crippen molar-refractivity contribution in [3.05, 3.63) is 58.9 Å². The molecule has 2 aromatic rings. The Bertz CT molecular complexity index is 662. The summed E-state index contributed by atoms with van der Waals surface area (Å²) in [4.78, 5) is 8.28. The van der Waals surface area contributed by atoms with Crippen LogP contribution in [0.25, 0.3) is 0 Å². The summed E-state index contributed by atoms with van der Waals surface area (Å²) in [6.07, 6.45) is 2.80. The number of aromatic nitrogens is 1. The van der Waals surface area contributed by atoms with Gasteiger partial charge in [0.05, 0.1) is 6.54 Å². The van der Waals surface area contributed by atoms with Gasteiger partial charge in [-0.1, -0.05) is 35.9 Å². The zero-order valence-corrected chi connectivity index (χ0v) is 13.7. The number of guanidine groups is 1. The lowest BCUT2D eigenvalue weighted by Crippen LogP contribution is -2.41. The Hall–Kier alpha value is -2.27. The Morgan fingerprint density at radius 2 is 2.17 bits per heavy atom. The maximum Gasteiger partial charge on any atom is 0.191 e. The van der Waals surface area contributed by atoms with E-state index >= 15 is 0 Å². The topological polar surface area (TPSA) is 58.5 Å². The van der Waals surface area contributed by atoms with Gasteiger partial charge in [0.25, 0.3) is 0 Å². The van der Waals surface area contributed by atoms with E-state index in [-0.39, 0.29) is 6.10 Å². The fraction of sp³-hybridized carbons (Fsp3) is 0.294. The first-order chi connectivity index (χ1) is 11.2. The van der Waals surface area contributed by atoms with Gasteiger partial charge >= 0.3 is 0 Å². The van der Waals surface area contributed by atoms with Crippen LogP contribution in [0.15, 0.2) is 47.6 Å². The second-order valence-corrected chi connectivity index (χ2v) is 5.73. The zero-order chi connectivity index (χ0) is 16.1. The van der Waals surface area contributed by atoms with Gasteiger partial charge in [-0.15, -0.1) is 0 Å². The second kappa shape index (κ2) is 7.33. The number of ether oxygens (including phenoxy) is 1. The number of halogens is 1. The number of nitrogens with zero attached hydrogens (tertiary/aromatic N) is 2. The van der Waals surface area contributed by atoms with E-state index in [4.69, 9.17) is 16.3 Å². The van der Waals surface area contributed by atoms with E-state index in [1.54, 1.807) is 19.3 Å². The molecule has 0 radical (unpaired) electrons. The van der Waals surface area contributed by atoms with Crippen molar-refractivity contribution in [1.29, 1.82) is 0 Å². The smallest absolute Gasteiger partial charge is 0.191 e. The molecule has 1 unspecified atom stereocenters. The highest BCUT2D eigenvalue weighted by atomic mass is 35.5. The lowest BCUT2D eigenvalue weighted by molar-refractivity contribution is 0.235. The molecule has 120 valence electrons. The molecule has 23 heavy (non-hydrogen) atoms. The van der Waals surface area contributed by atoms with Crippen LogP contribution in [0.1, 0.15) is 11.1 Å². The Balaban J connectivity index is 1.46. The number of hydrogen-bond donors (Lipinski definition) is 2. The summed E-state index contributed by atoms with van der Waals surface area (Å²) in [6.45, 7) is 1.34. The van der Waals surface area contributed by atoms with Crippen molar-refractivity contribution in [3.63, 3.8) is 0 Å². The lowest BCUT2D eigenvalue weighted by Gasteiger charge is -2.15. The second-order valence-electron chi connectivity index (χ2n) is 5.35. The average molecular weight is 331 g/mol. The molecule has 1 aliphatic heterocycles. The van der Waals surface area contributed by atoms with E-state index in [0.717, 1.165) is 23.7 Å². The van der Waals surface area contributed by atoms with Crippen LogP contribution in [0.3, 0.4) is 0 Å². The van der Waals surface area contributed by atoms with Crippen molar-refractivity contribution in [3.8, 4) is 5.75 Å². The molecular weight excluding hydrogens is 312 g/mol. The van der Waals surface area contributed by atoms with E-state index in [9.17, 15) is 0 Å². The minimum atomic E-state index is 0.128. The molecule has 1 atom stereocenters. The lowest BCUT2D eigenvalue weighted by atomic mass is 10.1. The van der Waals surface area contributed by atoms with E-state index < -0.39 is 0 Å². The molecule has 0 saturated heterocycles. The number of rotatable bonds is 4. The SMILES string of the molecule is CN=C(NCc1ccc(Cl)nc1)NCC1Cc2ccccc2O1. The van der Waals surface area contributed by atoms with Gasteiger partial charge in [-0.25, -0.2) is 4.98 Å². The average Bonchev–Trinajstić information content (AvgIpc) is 2.99. The van der Waals surface area contributed by atoms with Crippen molar-refractivity contribution < 1.29 is 4.74 Å². The molecule has 5 nitrogen and oxygen atoms in total. The van der Waals surface area contributed by atoms with E-state index in [1.165, 1.54) is 5.56 Å². The minimum Gasteiger partial charge on any atom is -0.488 e. The predicted octanol–water partition coefficient (Wildman–Crippen LogP) is 2.40. The zero-order valence-electron chi connectivity index (χ0n) is 12.9. The van der Waals surface area contributed by atoms with Crippen molar-refractivity contribution >= 4 is 17.6 Å². The van der Waals surface area contributed by atoms with Gasteiger partial charge in [0.1, 0.15) is 17.0 Å². The molecule has 1 aromatic heterocycles. The Morgan fingerprint density at radius 1 is 1.30 bits per heavy atom. The summed E-state index contributed by atoms with van der Waals surface area (Å²) in [5.74, 6) is 1.72. The molecule has 0 spiro atoms. The quantitative estimate of drug-likeness (QED) is 0.513. The van der Waals surface area contributed by atoms with Crippen LogP contribution in [0.5, 0.6) is 5.75 Å². The first-order valence-electron chi connectivity index (χ1n) is 7.54. The van der Waals surface area contributed by atoms with Gasteiger partial charge in [-0.05, 0) is 23.3 Å². The molecule has 0 fully saturated rings. The van der Waals surface area contributed by atoms with E-state index in [2.05, 4.69) is 26.7 Å². The molecule has 1 aromatic carbocycles. The van der Waals surface area contributed by atoms with Gasteiger partial charge in [-0.2, -0.15) is 0 Å². The van der Waals surface area contributed by atoms with Gasteiger partial charge in [0, 0.05) is 26.2 Å². The van der Waals surface area contributed by atoms with Crippen LogP contribution in [-0.4, -0.2) is 30.6 Å². The summed E-state index contributed by atoms with van der Waals surface area (Å²) in [5, 5.41) is 7.04. The molecule has 2 heterocycles. The van der Waals surface area contributed by atoms with Crippen LogP contribution >= 0.6 is 11.6 Å². The third kappa shape index (κ3) is 4.13. The highest BCUT2D eigenvalue weighted by Gasteiger charge is 2.22. The Morgan fingerprint density at radius 3 is 2.91 bits per heavy atom. The van der Waals surface area contributed by atoms with Crippen LogP contribution in [0.4, 0.5) is 0 Å². The number of benzene rings is 1. The molecule has 0 amide bonds. The Labute approximate surface area is 140 Å². The van der Waals surface area contributed by atoms with Crippen LogP contribution in [-0.2, 0) is 13.0 Å². The third-order valence-electron chi connectivity index (χ3n) is 3.68. The molecule has 0 bridgehead atoms. The highest BCUT2D eigenvalue weighted by molar-refractivity contribution is 6.29. The van der Waals surface area contributed by atoms with Gasteiger partial charge < -0.3 is 15.4 Å². The summed E-state index contributed by atoms with van der Waals surface area (Å²) in [5.41, 5.74) is 2.30. The fourth-order valence-corrected chi connectivity index (χ4v) is 2.61. The number of fused-ring (bicyclic) bond motifs is 1. The largest absolute Gasteiger partial charge is 0.488 e. The summed E-state index contributed by atoms with van der Waals surface area (Å²) < 4.78 is 5.91. The van der Waals surface area contributed by atoms with Gasteiger partial charge in [0.2, 0.25) is 0 Å². The molecule has 2 N–H and O–H groups in total. The molecule has 1 aliphatic rings. The number of hydrogen-bond acceptors (Lipinski definition) is 3. The first kappa shape index (κ1) is 15.6. The molecular formula is C17H19ClN4O. The maximum absolute atomic E-state index is 5.91. The normalized spacial score (nSPS) is 16.6. The van der Waals surface area contributed by atoms with Crippen LogP contribution < -0.4 is 15.4 Å². The van der Waals surface area contributed by atoms with Crippen molar-refractivity contribution in [2.75, 3.05) is 13.6 Å². The number of nitrogens with one attached hydrogen (secondary N) is 2. The van der Waals surface area contributed by atoms with Crippen LogP contribution in [0, 0.1) is 0 Å². The van der Waals surface area contributed by atoms with E-state index in [1.807, 2.05) is 24.3 Å². The third-order valence-corrected chi connectivity index (χ3v) is 3.91. The molecule has 6 heteroatoms. The van der Waals surface area contributed by atoms with Gasteiger partial charge in [0.15, 0.2) is 5.96 Å². The molecule has 0 aliphatic carbocycles. The predicted molar refractivity (Wildman–Crippen MR) is 92.0 cm³/mol. The van der Waals surface area contributed by atoms with Crippen molar-refractivity contribution in [2.24, 2.45) is 4.99 Å². The van der Waals surface area contributed by atoms with Crippen LogP contribution in [0.2, 0.25) is 5.15 Å². The molecule has 3 rings (SSSR count). The van der Waals surface area contributed by atoms with E-state index in [0.29, 0.717) is 18.2 Å². The Kier molecular flexibility index (Phi) is 4.98. The number of pyridine rings is 1. The number of para-hydroxylation sites is 1. The maximum atomic E-state index is 5.91. The number of aliphatic imine (C=N–C) groups is 1. The highest BCUT2D eigenvalue weighted by Crippen LogP contribution is 2.27. The monoisotopic (exact) mass is 330 g/mol. The standard InChI is InChI=1S/C17H19ClN4O/c1-19-17(21-10-12-6-7-16(18)20-9-12)22-11-14-8-13-4-2-3-5-15(13)23-14/h2-7,9,14H,8,10-11H2,1H3,(H2,19,21,22). The minimum absolute atomic E-state index is 0.128. The van der Waals surface area contributed by atoms with Crippen molar-refractivity contribution in [2.45, 2.75) is 19.1 Å². The van der Waals surface area contributed by atoms with Gasteiger partial charge in [-0.3, -0.25) is 4.99 Å². The summed E-state index contributed by atoms with van der Waals surface area (Å²) in [6, 6.07) is 11.9.